The summed E-state index contributed by atoms with van der Waals surface area (Å²) in [5.74, 6) is 0.0317. The van der Waals surface area contributed by atoms with Gasteiger partial charge in [-0.3, -0.25) is 4.79 Å². The lowest BCUT2D eigenvalue weighted by atomic mass is 10.2. The summed E-state index contributed by atoms with van der Waals surface area (Å²) in [6.07, 6.45) is 0. The molecule has 2 heterocycles. The Morgan fingerprint density at radius 1 is 1.39 bits per heavy atom. The Morgan fingerprint density at radius 2 is 2.13 bits per heavy atom. The number of quaternary nitrogens is 1. The summed E-state index contributed by atoms with van der Waals surface area (Å²) in [4.78, 5) is 20.1. The van der Waals surface area contributed by atoms with Gasteiger partial charge in [-0.05, 0) is 12.1 Å². The molecule has 0 radical (unpaired) electrons. The largest absolute Gasteiger partial charge is 0.506 e. The number of fused-ring (bicyclic) bond motifs is 1. The van der Waals surface area contributed by atoms with E-state index in [2.05, 4.69) is 9.97 Å². The summed E-state index contributed by atoms with van der Waals surface area (Å²) < 4.78 is 5.27. The molecule has 1 fully saturated rings. The molecule has 7 heteroatoms. The average Bonchev–Trinajstić information content (AvgIpc) is 2.56. The molecule has 118 valence electrons. The topological polar surface area (TPSA) is 103 Å². The maximum absolute atomic E-state index is 12.1. The highest BCUT2D eigenvalue weighted by Gasteiger charge is 2.20. The maximum atomic E-state index is 12.1. The Kier molecular flexibility index (Phi) is 4.37. The van der Waals surface area contributed by atoms with Crippen molar-refractivity contribution < 1.29 is 14.7 Å². The summed E-state index contributed by atoms with van der Waals surface area (Å²) in [7, 11) is 0. The molecule has 1 aromatic heterocycles. The molecule has 7 nitrogen and oxygen atoms in total. The average molecular weight is 313 g/mol. The van der Waals surface area contributed by atoms with Gasteiger partial charge >= 0.3 is 0 Å². The lowest BCUT2D eigenvalue weighted by Crippen LogP contribution is -3.14. The highest BCUT2D eigenvalue weighted by molar-refractivity contribution is 5.81. The number of aliphatic hydroxyl groups is 1. The van der Waals surface area contributed by atoms with Crippen LogP contribution in [0.15, 0.2) is 34.8 Å². The van der Waals surface area contributed by atoms with Crippen molar-refractivity contribution in [3.63, 3.8) is 0 Å². The van der Waals surface area contributed by atoms with Crippen molar-refractivity contribution >= 4 is 16.5 Å². The molecule has 0 saturated carbocycles. The smallest absolute Gasteiger partial charge is 0.259 e. The molecule has 2 aromatic rings. The second-order valence-corrected chi connectivity index (χ2v) is 5.40. The van der Waals surface area contributed by atoms with Gasteiger partial charge in [0.05, 0.1) is 24.1 Å². The van der Waals surface area contributed by atoms with Gasteiger partial charge in [0, 0.05) is 0 Å². The van der Waals surface area contributed by atoms with Crippen molar-refractivity contribution in [2.75, 3.05) is 32.8 Å². The first-order valence-corrected chi connectivity index (χ1v) is 7.42. The van der Waals surface area contributed by atoms with Gasteiger partial charge in [-0.25, -0.2) is 4.98 Å². The number of rotatable bonds is 3. The third-order valence-corrected chi connectivity index (χ3v) is 3.87. The number of nitrogens with zero attached hydrogens (tertiary/aromatic N) is 2. The minimum atomic E-state index is -0.329. The lowest BCUT2D eigenvalue weighted by molar-refractivity contribution is -0.904. The van der Waals surface area contributed by atoms with Gasteiger partial charge in [0.1, 0.15) is 31.3 Å². The highest BCUT2D eigenvalue weighted by atomic mass is 16.5. The number of benzene rings is 1. The van der Waals surface area contributed by atoms with Crippen LogP contribution in [0.5, 0.6) is 0 Å². The molecule has 0 spiro atoms. The van der Waals surface area contributed by atoms with Gasteiger partial charge in [-0.2, -0.15) is 5.26 Å². The fourth-order valence-electron chi connectivity index (χ4n) is 2.62. The Labute approximate surface area is 132 Å². The van der Waals surface area contributed by atoms with Crippen LogP contribution in [0.3, 0.4) is 0 Å². The molecular formula is C16H17N4O3+. The fourth-order valence-corrected chi connectivity index (χ4v) is 2.62. The maximum Gasteiger partial charge on any atom is 0.259 e. The number of H-pyrrole nitrogens is 1. The molecule has 0 atom stereocenters. The van der Waals surface area contributed by atoms with Crippen molar-refractivity contribution in [2.45, 2.75) is 0 Å². The van der Waals surface area contributed by atoms with E-state index in [4.69, 9.17) is 4.74 Å². The molecule has 1 aromatic carbocycles. The Hall–Kier alpha value is -2.69. The molecule has 0 bridgehead atoms. The summed E-state index contributed by atoms with van der Waals surface area (Å²) in [5.41, 5.74) is 0.169. The molecular weight excluding hydrogens is 296 g/mol. The molecule has 1 aliphatic rings. The summed E-state index contributed by atoms with van der Waals surface area (Å²) in [5, 5.41) is 20.1. The van der Waals surface area contributed by atoms with Crippen LogP contribution in [0, 0.1) is 11.3 Å². The van der Waals surface area contributed by atoms with Gasteiger partial charge in [-0.15, -0.1) is 0 Å². The van der Waals surface area contributed by atoms with E-state index in [0.29, 0.717) is 30.7 Å². The van der Waals surface area contributed by atoms with Gasteiger partial charge in [0.25, 0.3) is 5.56 Å². The van der Waals surface area contributed by atoms with Gasteiger partial charge in [0.2, 0.25) is 0 Å². The predicted octanol–water partition coefficient (Wildman–Crippen LogP) is -0.369. The Balaban J connectivity index is 1.98. The molecule has 1 saturated heterocycles. The van der Waals surface area contributed by atoms with Gasteiger partial charge < -0.3 is 19.7 Å². The van der Waals surface area contributed by atoms with Crippen LogP contribution in [0.2, 0.25) is 0 Å². The molecule has 0 amide bonds. The Bertz CT molecular complexity index is 844. The van der Waals surface area contributed by atoms with E-state index in [-0.39, 0.29) is 22.7 Å². The van der Waals surface area contributed by atoms with E-state index in [1.54, 1.807) is 24.3 Å². The quantitative estimate of drug-likeness (QED) is 0.530. The number of hydrogen-bond acceptors (Lipinski definition) is 5. The number of allylic oxidation sites excluding steroid dienone is 1. The number of nitrogens with one attached hydrogen (secondary N) is 2. The summed E-state index contributed by atoms with van der Waals surface area (Å²) in [6, 6.07) is 8.84. The van der Waals surface area contributed by atoms with E-state index in [0.717, 1.165) is 18.0 Å². The second-order valence-electron chi connectivity index (χ2n) is 5.40. The molecule has 3 N–H and O–H groups in total. The fraction of sp³-hybridized carbons (Fsp3) is 0.312. The van der Waals surface area contributed by atoms with E-state index < -0.39 is 0 Å². The molecule has 0 unspecified atom stereocenters. The van der Waals surface area contributed by atoms with E-state index in [9.17, 15) is 15.2 Å². The number of nitriles is 1. The first-order valence-electron chi connectivity index (χ1n) is 7.42. The van der Waals surface area contributed by atoms with Crippen LogP contribution in [0.4, 0.5) is 0 Å². The third kappa shape index (κ3) is 3.23. The van der Waals surface area contributed by atoms with E-state index >= 15 is 0 Å². The predicted molar refractivity (Wildman–Crippen MR) is 83.9 cm³/mol. The molecule has 1 aliphatic heterocycles. The highest BCUT2D eigenvalue weighted by Crippen LogP contribution is 2.14. The number of para-hydroxylation sites is 1. The standard InChI is InChI=1S/C16H16N4O3/c17-9-12(14(21)10-20-5-7-23-8-6-20)15-18-13-4-2-1-3-11(13)16(22)19-15/h1-4,21H,5-8,10H2,(H,18,19,22)/p+1/b14-12-. The second kappa shape index (κ2) is 6.60. The van der Waals surface area contributed by atoms with Gasteiger partial charge in [-0.1, -0.05) is 12.1 Å². The minimum Gasteiger partial charge on any atom is -0.506 e. The van der Waals surface area contributed by atoms with E-state index in [1.165, 1.54) is 0 Å². The number of ether oxygens (including phenoxy) is 1. The minimum absolute atomic E-state index is 0.00634. The number of aromatic nitrogens is 2. The SMILES string of the molecule is N#C/C(=C(/O)C[NH+]1CCOCC1)c1nc2ccccc2c(=O)[nH]1. The van der Waals surface area contributed by atoms with Crippen LogP contribution in [-0.2, 0) is 4.74 Å². The van der Waals surface area contributed by atoms with Crippen molar-refractivity contribution in [1.82, 2.24) is 9.97 Å². The molecule has 0 aliphatic carbocycles. The zero-order valence-electron chi connectivity index (χ0n) is 12.5. The van der Waals surface area contributed by atoms with Crippen molar-refractivity contribution in [3.05, 3.63) is 46.2 Å². The number of hydrogen-bond donors (Lipinski definition) is 3. The normalized spacial score (nSPS) is 16.8. The van der Waals surface area contributed by atoms with Crippen molar-refractivity contribution in [3.8, 4) is 6.07 Å². The first kappa shape index (κ1) is 15.2. The zero-order chi connectivity index (χ0) is 16.2. The van der Waals surface area contributed by atoms with Crippen molar-refractivity contribution in [1.29, 1.82) is 5.26 Å². The van der Waals surface area contributed by atoms with Crippen LogP contribution in [-0.4, -0.2) is 47.9 Å². The first-order chi connectivity index (χ1) is 11.2. The monoisotopic (exact) mass is 313 g/mol. The Morgan fingerprint density at radius 3 is 2.87 bits per heavy atom. The zero-order valence-corrected chi connectivity index (χ0v) is 12.5. The summed E-state index contributed by atoms with van der Waals surface area (Å²) >= 11 is 0. The number of morpholine rings is 1. The number of aliphatic hydroxyl groups excluding tert-OH is 1. The lowest BCUT2D eigenvalue weighted by Gasteiger charge is -2.23. The van der Waals surface area contributed by atoms with Crippen LogP contribution in [0.1, 0.15) is 5.82 Å². The van der Waals surface area contributed by atoms with Crippen LogP contribution < -0.4 is 10.5 Å². The van der Waals surface area contributed by atoms with Crippen LogP contribution >= 0.6 is 0 Å². The summed E-state index contributed by atoms with van der Waals surface area (Å²) in [6.45, 7) is 3.11. The van der Waals surface area contributed by atoms with Crippen LogP contribution in [0.25, 0.3) is 16.5 Å². The van der Waals surface area contributed by atoms with E-state index in [1.807, 2.05) is 6.07 Å². The third-order valence-electron chi connectivity index (χ3n) is 3.87. The van der Waals surface area contributed by atoms with Gasteiger partial charge in [0.15, 0.2) is 11.6 Å². The number of aromatic amines is 1. The molecule has 3 rings (SSSR count). The van der Waals surface area contributed by atoms with Crippen molar-refractivity contribution in [2.24, 2.45) is 0 Å². The molecule has 23 heavy (non-hydrogen) atoms.